The molecular weight excluding hydrogens is 393 g/mol. The van der Waals surface area contributed by atoms with Crippen molar-refractivity contribution >= 4 is 34.5 Å². The van der Waals surface area contributed by atoms with E-state index in [0.717, 1.165) is 9.13 Å². The molecule has 0 saturated heterocycles. The Morgan fingerprint density at radius 1 is 1.14 bits per heavy atom. The zero-order valence-corrected chi connectivity index (χ0v) is 14.3. The molecule has 0 bridgehead atoms. The van der Waals surface area contributed by atoms with Gasteiger partial charge in [0, 0.05) is 10.1 Å². The summed E-state index contributed by atoms with van der Waals surface area (Å²) in [7, 11) is 0. The molecule has 0 radical (unpaired) electrons. The summed E-state index contributed by atoms with van der Waals surface area (Å²) in [6.45, 7) is 2.14. The van der Waals surface area contributed by atoms with Gasteiger partial charge in [-0.15, -0.1) is 0 Å². The van der Waals surface area contributed by atoms with Crippen LogP contribution in [-0.4, -0.2) is 18.5 Å². The molecule has 0 aliphatic heterocycles. The van der Waals surface area contributed by atoms with Crippen LogP contribution in [0.25, 0.3) is 0 Å². The van der Waals surface area contributed by atoms with Gasteiger partial charge in [-0.3, -0.25) is 4.79 Å². The summed E-state index contributed by atoms with van der Waals surface area (Å²) in [5.41, 5.74) is 2.61. The molecule has 114 valence electrons. The van der Waals surface area contributed by atoms with Gasteiger partial charge in [0.15, 0.2) is 6.61 Å². The third-order valence-electron chi connectivity index (χ3n) is 3.00. The topological polar surface area (TPSA) is 55.4 Å². The van der Waals surface area contributed by atoms with Crippen molar-refractivity contribution in [3.8, 4) is 0 Å². The minimum atomic E-state index is -0.496. The molecule has 2 aromatic rings. The largest absolute Gasteiger partial charge is 0.452 e. The molecule has 2 rings (SSSR count). The number of aryl methyl sites for hydroxylation is 1. The van der Waals surface area contributed by atoms with Gasteiger partial charge in [-0.05, 0) is 53.3 Å². The lowest BCUT2D eigenvalue weighted by Gasteiger charge is -2.07. The zero-order chi connectivity index (χ0) is 15.9. The first-order chi connectivity index (χ1) is 10.5. The number of carbonyl (C=O) groups is 2. The van der Waals surface area contributed by atoms with Gasteiger partial charge in [0.2, 0.25) is 0 Å². The fourth-order valence-electron chi connectivity index (χ4n) is 1.79. The molecule has 1 amide bonds. The van der Waals surface area contributed by atoms with E-state index < -0.39 is 5.97 Å². The van der Waals surface area contributed by atoms with E-state index in [1.807, 2.05) is 37.3 Å². The molecule has 0 saturated carbocycles. The van der Waals surface area contributed by atoms with Gasteiger partial charge in [-0.2, -0.15) is 0 Å². The normalized spacial score (nSPS) is 10.1. The molecule has 0 aromatic heterocycles. The van der Waals surface area contributed by atoms with Crippen molar-refractivity contribution in [1.29, 1.82) is 0 Å². The Morgan fingerprint density at radius 3 is 2.55 bits per heavy atom. The number of halogens is 1. The second-order valence-electron chi connectivity index (χ2n) is 4.85. The van der Waals surface area contributed by atoms with E-state index in [1.54, 1.807) is 18.2 Å². The Bertz CT molecular complexity index is 668. The van der Waals surface area contributed by atoms with Gasteiger partial charge < -0.3 is 10.1 Å². The van der Waals surface area contributed by atoms with Gasteiger partial charge in [-0.1, -0.05) is 35.9 Å². The van der Waals surface area contributed by atoms with Crippen LogP contribution in [0.2, 0.25) is 0 Å². The summed E-state index contributed by atoms with van der Waals surface area (Å²) in [6.07, 6.45) is 0. The highest BCUT2D eigenvalue weighted by Gasteiger charge is 2.10. The van der Waals surface area contributed by atoms with Gasteiger partial charge in [0.25, 0.3) is 5.91 Å². The van der Waals surface area contributed by atoms with Crippen molar-refractivity contribution in [1.82, 2.24) is 5.32 Å². The van der Waals surface area contributed by atoms with E-state index in [9.17, 15) is 9.59 Å². The molecule has 1 N–H and O–H groups in total. The van der Waals surface area contributed by atoms with Crippen LogP contribution in [0, 0.1) is 10.5 Å². The first-order valence-corrected chi connectivity index (χ1v) is 7.87. The molecule has 0 aliphatic rings. The number of amides is 1. The molecule has 0 aliphatic carbocycles. The van der Waals surface area contributed by atoms with Crippen LogP contribution in [0.4, 0.5) is 0 Å². The van der Waals surface area contributed by atoms with Gasteiger partial charge in [0.05, 0.1) is 5.56 Å². The highest BCUT2D eigenvalue weighted by atomic mass is 127. The van der Waals surface area contributed by atoms with E-state index in [-0.39, 0.29) is 12.5 Å². The molecular formula is C17H16INO3. The SMILES string of the molecule is Cc1ccc(CNC(=O)COC(=O)c2cccc(I)c2)cc1. The molecule has 4 nitrogen and oxygen atoms in total. The Balaban J connectivity index is 1.78. The van der Waals surface area contributed by atoms with Crippen molar-refractivity contribution in [2.75, 3.05) is 6.61 Å². The summed E-state index contributed by atoms with van der Waals surface area (Å²) >= 11 is 2.12. The molecule has 0 fully saturated rings. The standard InChI is InChI=1S/C17H16INO3/c1-12-5-7-13(8-6-12)10-19-16(20)11-22-17(21)14-3-2-4-15(18)9-14/h2-9H,10-11H2,1H3,(H,19,20). The second kappa shape index (κ2) is 7.93. The number of hydrogen-bond acceptors (Lipinski definition) is 3. The summed E-state index contributed by atoms with van der Waals surface area (Å²) in [5, 5.41) is 2.72. The van der Waals surface area contributed by atoms with Crippen LogP contribution in [0.5, 0.6) is 0 Å². The van der Waals surface area contributed by atoms with Gasteiger partial charge in [-0.25, -0.2) is 4.79 Å². The lowest BCUT2D eigenvalue weighted by molar-refractivity contribution is -0.124. The Labute approximate surface area is 143 Å². The van der Waals surface area contributed by atoms with Gasteiger partial charge >= 0.3 is 5.97 Å². The average Bonchev–Trinajstić information content (AvgIpc) is 2.52. The monoisotopic (exact) mass is 409 g/mol. The quantitative estimate of drug-likeness (QED) is 0.610. The van der Waals surface area contributed by atoms with E-state index in [1.165, 1.54) is 5.56 Å². The second-order valence-corrected chi connectivity index (χ2v) is 6.09. The lowest BCUT2D eigenvalue weighted by atomic mass is 10.1. The highest BCUT2D eigenvalue weighted by molar-refractivity contribution is 14.1. The van der Waals surface area contributed by atoms with Crippen LogP contribution in [0.15, 0.2) is 48.5 Å². The predicted octanol–water partition coefficient (Wildman–Crippen LogP) is 3.07. The maximum Gasteiger partial charge on any atom is 0.338 e. The molecule has 2 aromatic carbocycles. The molecule has 22 heavy (non-hydrogen) atoms. The van der Waals surface area contributed by atoms with Crippen LogP contribution in [0.1, 0.15) is 21.5 Å². The van der Waals surface area contributed by atoms with E-state index in [0.29, 0.717) is 12.1 Å². The molecule has 0 atom stereocenters. The number of hydrogen-bond donors (Lipinski definition) is 1. The lowest BCUT2D eigenvalue weighted by Crippen LogP contribution is -2.28. The maximum absolute atomic E-state index is 11.8. The maximum atomic E-state index is 11.8. The Morgan fingerprint density at radius 2 is 1.86 bits per heavy atom. The van der Waals surface area contributed by atoms with Crippen molar-refractivity contribution in [2.45, 2.75) is 13.5 Å². The van der Waals surface area contributed by atoms with E-state index in [4.69, 9.17) is 4.74 Å². The predicted molar refractivity (Wildman–Crippen MR) is 92.5 cm³/mol. The number of rotatable bonds is 5. The Kier molecular flexibility index (Phi) is 5.94. The van der Waals surface area contributed by atoms with Crippen LogP contribution in [0.3, 0.4) is 0 Å². The number of carbonyl (C=O) groups excluding carboxylic acids is 2. The minimum Gasteiger partial charge on any atom is -0.452 e. The fraction of sp³-hybridized carbons (Fsp3) is 0.176. The summed E-state index contributed by atoms with van der Waals surface area (Å²) in [5.74, 6) is -0.816. The van der Waals surface area contributed by atoms with Crippen molar-refractivity contribution in [3.63, 3.8) is 0 Å². The fourth-order valence-corrected chi connectivity index (χ4v) is 2.33. The zero-order valence-electron chi connectivity index (χ0n) is 12.1. The van der Waals surface area contributed by atoms with Crippen LogP contribution in [-0.2, 0) is 16.1 Å². The number of nitrogens with one attached hydrogen (secondary N) is 1. The van der Waals surface area contributed by atoms with Crippen molar-refractivity contribution in [3.05, 3.63) is 68.8 Å². The Hall–Kier alpha value is -1.89. The van der Waals surface area contributed by atoms with Crippen LogP contribution < -0.4 is 5.32 Å². The molecule has 5 heteroatoms. The smallest absolute Gasteiger partial charge is 0.338 e. The number of ether oxygens (including phenoxy) is 1. The number of benzene rings is 2. The molecule has 0 spiro atoms. The third-order valence-corrected chi connectivity index (χ3v) is 3.68. The summed E-state index contributed by atoms with van der Waals surface area (Å²) in [4.78, 5) is 23.5. The number of esters is 1. The molecule has 0 unspecified atom stereocenters. The first kappa shape index (κ1) is 16.5. The van der Waals surface area contributed by atoms with E-state index >= 15 is 0 Å². The molecule has 0 heterocycles. The summed E-state index contributed by atoms with van der Waals surface area (Å²) < 4.78 is 5.94. The minimum absolute atomic E-state index is 0.282. The van der Waals surface area contributed by atoms with E-state index in [2.05, 4.69) is 27.9 Å². The highest BCUT2D eigenvalue weighted by Crippen LogP contribution is 2.09. The van der Waals surface area contributed by atoms with Crippen molar-refractivity contribution < 1.29 is 14.3 Å². The van der Waals surface area contributed by atoms with Crippen LogP contribution >= 0.6 is 22.6 Å². The third kappa shape index (κ3) is 5.14. The average molecular weight is 409 g/mol. The van der Waals surface area contributed by atoms with Crippen molar-refractivity contribution in [2.24, 2.45) is 0 Å². The van der Waals surface area contributed by atoms with Gasteiger partial charge in [0.1, 0.15) is 0 Å². The summed E-state index contributed by atoms with van der Waals surface area (Å²) in [6, 6.07) is 14.9. The first-order valence-electron chi connectivity index (χ1n) is 6.79.